The van der Waals surface area contributed by atoms with Crippen LogP contribution in [0.15, 0.2) is 18.2 Å². The van der Waals surface area contributed by atoms with Crippen molar-refractivity contribution in [1.29, 1.82) is 5.26 Å². The number of benzene rings is 1. The lowest BCUT2D eigenvalue weighted by Crippen LogP contribution is -2.11. The third-order valence-electron chi connectivity index (χ3n) is 2.63. The second kappa shape index (κ2) is 7.17. The highest BCUT2D eigenvalue weighted by Gasteiger charge is 2.14. The van der Waals surface area contributed by atoms with E-state index in [9.17, 15) is 9.59 Å². The van der Waals surface area contributed by atoms with Crippen LogP contribution in [0.4, 0.5) is 0 Å². The van der Waals surface area contributed by atoms with Crippen molar-refractivity contribution >= 4 is 11.9 Å². The first kappa shape index (κ1) is 14.7. The fourth-order valence-corrected chi connectivity index (χ4v) is 1.78. The molecule has 0 saturated heterocycles. The largest absolute Gasteiger partial charge is 0.481 e. The molecule has 0 atom stereocenters. The van der Waals surface area contributed by atoms with Crippen molar-refractivity contribution < 1.29 is 19.4 Å². The van der Waals surface area contributed by atoms with Crippen LogP contribution >= 0.6 is 0 Å². The summed E-state index contributed by atoms with van der Waals surface area (Å²) in [5, 5.41) is 17.7. The fourth-order valence-electron chi connectivity index (χ4n) is 1.78. The number of carboxylic acid groups (broad SMARTS) is 1. The van der Waals surface area contributed by atoms with E-state index in [-0.39, 0.29) is 19.4 Å². The maximum atomic E-state index is 11.5. The van der Waals surface area contributed by atoms with Gasteiger partial charge in [0, 0.05) is 6.42 Å². The molecule has 1 N–H and O–H groups in total. The van der Waals surface area contributed by atoms with Gasteiger partial charge in [0.05, 0.1) is 24.7 Å². The highest BCUT2D eigenvalue weighted by atomic mass is 16.5. The Labute approximate surface area is 111 Å². The zero-order valence-electron chi connectivity index (χ0n) is 10.7. The summed E-state index contributed by atoms with van der Waals surface area (Å²) in [5.41, 5.74) is 1.65. The van der Waals surface area contributed by atoms with E-state index in [1.165, 1.54) is 0 Å². The Kier molecular flexibility index (Phi) is 5.55. The molecule has 0 spiro atoms. The van der Waals surface area contributed by atoms with Crippen LogP contribution in [0.5, 0.6) is 0 Å². The third kappa shape index (κ3) is 4.43. The monoisotopic (exact) mass is 261 g/mol. The number of ether oxygens (including phenoxy) is 1. The molecule has 0 radical (unpaired) electrons. The number of esters is 1. The van der Waals surface area contributed by atoms with Crippen LogP contribution in [-0.2, 0) is 27.2 Å². The van der Waals surface area contributed by atoms with Gasteiger partial charge in [-0.25, -0.2) is 0 Å². The van der Waals surface area contributed by atoms with Crippen LogP contribution in [0.1, 0.15) is 30.0 Å². The number of nitrogens with zero attached hydrogens (tertiary/aromatic N) is 1. The van der Waals surface area contributed by atoms with E-state index in [4.69, 9.17) is 15.1 Å². The molecule has 5 nitrogen and oxygen atoms in total. The van der Waals surface area contributed by atoms with Crippen LogP contribution in [0.2, 0.25) is 0 Å². The van der Waals surface area contributed by atoms with E-state index >= 15 is 0 Å². The van der Waals surface area contributed by atoms with Gasteiger partial charge in [-0.1, -0.05) is 12.1 Å². The van der Waals surface area contributed by atoms with Crippen LogP contribution < -0.4 is 0 Å². The molecule has 0 bridgehead atoms. The lowest BCUT2D eigenvalue weighted by molar-refractivity contribution is -0.142. The molecule has 0 fully saturated rings. The molecule has 0 saturated carbocycles. The zero-order chi connectivity index (χ0) is 14.3. The van der Waals surface area contributed by atoms with Crippen molar-refractivity contribution in [1.82, 2.24) is 0 Å². The molecule has 0 unspecified atom stereocenters. The molecule has 5 heteroatoms. The van der Waals surface area contributed by atoms with Gasteiger partial charge in [-0.15, -0.1) is 0 Å². The van der Waals surface area contributed by atoms with Crippen molar-refractivity contribution in [2.24, 2.45) is 0 Å². The van der Waals surface area contributed by atoms with E-state index in [1.807, 2.05) is 6.07 Å². The predicted octanol–water partition coefficient (Wildman–Crippen LogP) is 1.68. The highest BCUT2D eigenvalue weighted by molar-refractivity contribution is 5.74. The van der Waals surface area contributed by atoms with E-state index in [0.29, 0.717) is 23.1 Å². The van der Waals surface area contributed by atoms with Crippen molar-refractivity contribution in [3.8, 4) is 6.07 Å². The maximum absolute atomic E-state index is 11.5. The van der Waals surface area contributed by atoms with Crippen molar-refractivity contribution in [3.05, 3.63) is 34.9 Å². The van der Waals surface area contributed by atoms with Crippen molar-refractivity contribution in [2.45, 2.75) is 26.2 Å². The number of carbonyl (C=O) groups is 2. The molecule has 19 heavy (non-hydrogen) atoms. The zero-order valence-corrected chi connectivity index (χ0v) is 10.7. The van der Waals surface area contributed by atoms with Gasteiger partial charge in [0.1, 0.15) is 0 Å². The standard InChI is InChI=1S/C14H15NO4/c1-2-19-14(18)8-12-10(6-7-13(16)17)4-3-5-11(12)9-15/h3-5H,2,6-8H2,1H3,(H,16,17). The maximum Gasteiger partial charge on any atom is 0.310 e. The van der Waals surface area contributed by atoms with Gasteiger partial charge in [-0.05, 0) is 30.5 Å². The lowest BCUT2D eigenvalue weighted by Gasteiger charge is -2.10. The Morgan fingerprint density at radius 1 is 1.42 bits per heavy atom. The van der Waals surface area contributed by atoms with Crippen LogP contribution in [0, 0.1) is 11.3 Å². The molecule has 1 rings (SSSR count). The summed E-state index contributed by atoms with van der Waals surface area (Å²) in [6.07, 6.45) is 0.247. The first-order chi connectivity index (χ1) is 9.08. The van der Waals surface area contributed by atoms with Gasteiger partial charge in [0.15, 0.2) is 0 Å². The number of nitriles is 1. The molecular formula is C14H15NO4. The SMILES string of the molecule is CCOC(=O)Cc1c(C#N)cccc1CCC(=O)O. The first-order valence-electron chi connectivity index (χ1n) is 5.96. The van der Waals surface area contributed by atoms with E-state index in [0.717, 1.165) is 0 Å². The molecule has 0 heterocycles. The minimum Gasteiger partial charge on any atom is -0.481 e. The number of hydrogen-bond acceptors (Lipinski definition) is 4. The topological polar surface area (TPSA) is 87.4 Å². The second-order valence-electron chi connectivity index (χ2n) is 3.93. The minimum atomic E-state index is -0.913. The van der Waals surface area contributed by atoms with E-state index in [2.05, 4.69) is 0 Å². The van der Waals surface area contributed by atoms with E-state index in [1.54, 1.807) is 25.1 Å². The normalized spacial score (nSPS) is 9.68. The number of aliphatic carboxylic acids is 1. The second-order valence-corrected chi connectivity index (χ2v) is 3.93. The van der Waals surface area contributed by atoms with Gasteiger partial charge >= 0.3 is 11.9 Å². The molecule has 0 aliphatic rings. The Bertz CT molecular complexity index is 517. The Morgan fingerprint density at radius 2 is 2.16 bits per heavy atom. The van der Waals surface area contributed by atoms with Gasteiger partial charge in [0.2, 0.25) is 0 Å². The summed E-state index contributed by atoms with van der Waals surface area (Å²) >= 11 is 0. The summed E-state index contributed by atoms with van der Waals surface area (Å²) in [6.45, 7) is 1.98. The summed E-state index contributed by atoms with van der Waals surface area (Å²) in [7, 11) is 0. The molecule has 1 aromatic carbocycles. The highest BCUT2D eigenvalue weighted by Crippen LogP contribution is 2.17. The number of aryl methyl sites for hydroxylation is 1. The molecular weight excluding hydrogens is 246 g/mol. The Hall–Kier alpha value is -2.35. The smallest absolute Gasteiger partial charge is 0.310 e. The Balaban J connectivity index is 2.99. The molecule has 0 aliphatic heterocycles. The minimum absolute atomic E-state index is 0.00741. The van der Waals surface area contributed by atoms with Gasteiger partial charge < -0.3 is 9.84 Å². The average Bonchev–Trinajstić information content (AvgIpc) is 2.37. The summed E-state index contributed by atoms with van der Waals surface area (Å²) in [4.78, 5) is 22.1. The van der Waals surface area contributed by atoms with Crippen molar-refractivity contribution in [3.63, 3.8) is 0 Å². The first-order valence-corrected chi connectivity index (χ1v) is 5.96. The number of rotatable bonds is 6. The van der Waals surface area contributed by atoms with Gasteiger partial charge in [0.25, 0.3) is 0 Å². The summed E-state index contributed by atoms with van der Waals surface area (Å²) < 4.78 is 4.86. The average molecular weight is 261 g/mol. The third-order valence-corrected chi connectivity index (χ3v) is 2.63. The number of carboxylic acids is 1. The Morgan fingerprint density at radius 3 is 2.74 bits per heavy atom. The van der Waals surface area contributed by atoms with Gasteiger partial charge in [-0.3, -0.25) is 9.59 Å². The fraction of sp³-hybridized carbons (Fsp3) is 0.357. The van der Waals surface area contributed by atoms with Crippen LogP contribution in [0.3, 0.4) is 0 Å². The van der Waals surface area contributed by atoms with Crippen LogP contribution in [-0.4, -0.2) is 23.7 Å². The molecule has 0 amide bonds. The predicted molar refractivity (Wildman–Crippen MR) is 67.5 cm³/mol. The summed E-state index contributed by atoms with van der Waals surface area (Å²) in [5.74, 6) is -1.33. The van der Waals surface area contributed by atoms with Gasteiger partial charge in [-0.2, -0.15) is 5.26 Å². The molecule has 1 aromatic rings. The van der Waals surface area contributed by atoms with Crippen LogP contribution in [0.25, 0.3) is 0 Å². The molecule has 0 aliphatic carbocycles. The number of carbonyl (C=O) groups excluding carboxylic acids is 1. The molecule has 100 valence electrons. The lowest BCUT2D eigenvalue weighted by atomic mass is 9.96. The molecule has 0 aromatic heterocycles. The number of hydrogen-bond donors (Lipinski definition) is 1. The van der Waals surface area contributed by atoms with E-state index < -0.39 is 11.9 Å². The summed E-state index contributed by atoms with van der Waals surface area (Å²) in [6, 6.07) is 7.05. The quantitative estimate of drug-likeness (QED) is 0.787. The van der Waals surface area contributed by atoms with Crippen molar-refractivity contribution in [2.75, 3.05) is 6.61 Å².